The first-order valence-corrected chi connectivity index (χ1v) is 20.9. The molecule has 0 radical (unpaired) electrons. The molecule has 6 aromatic carbocycles. The number of anilines is 1. The van der Waals surface area contributed by atoms with Crippen LogP contribution >= 0.6 is 0 Å². The van der Waals surface area contributed by atoms with Crippen molar-refractivity contribution in [3.8, 4) is 11.4 Å². The van der Waals surface area contributed by atoms with Gasteiger partial charge in [0.25, 0.3) is 20.2 Å². The fraction of sp³-hybridized carbons (Fsp3) is 0.100. The molecule has 62 heavy (non-hydrogen) atoms. The van der Waals surface area contributed by atoms with Crippen LogP contribution in [0.5, 0.6) is 5.75 Å². The van der Waals surface area contributed by atoms with Gasteiger partial charge in [0.1, 0.15) is 37.9 Å². The number of benzene rings is 6. The second-order valence-corrected chi connectivity index (χ2v) is 16.6. The molecule has 1 aromatic heterocycles. The first-order chi connectivity index (χ1) is 29.3. The van der Waals surface area contributed by atoms with Crippen molar-refractivity contribution in [1.29, 1.82) is 0 Å². The Kier molecular flexibility index (Phi) is 11.2. The lowest BCUT2D eigenvalue weighted by Gasteiger charge is -2.10. The van der Waals surface area contributed by atoms with Crippen molar-refractivity contribution in [3.05, 3.63) is 113 Å². The van der Waals surface area contributed by atoms with E-state index in [1.807, 2.05) is 0 Å². The van der Waals surface area contributed by atoms with Crippen molar-refractivity contribution in [2.75, 3.05) is 5.32 Å². The third kappa shape index (κ3) is 8.64. The van der Waals surface area contributed by atoms with E-state index in [1.54, 1.807) is 58.0 Å². The van der Waals surface area contributed by atoms with Crippen molar-refractivity contribution in [1.82, 2.24) is 15.0 Å². The van der Waals surface area contributed by atoms with E-state index in [4.69, 9.17) is 0 Å². The number of fused-ring (bicyclic) bond motifs is 2. The quantitative estimate of drug-likeness (QED) is 0.0435. The average Bonchev–Trinajstić information content (AvgIpc) is 3.63. The van der Waals surface area contributed by atoms with Gasteiger partial charge in [-0.1, -0.05) is 12.1 Å². The molecule has 0 aliphatic carbocycles. The molecule has 0 spiro atoms. The molecule has 0 aliphatic rings. The number of aromatic nitrogens is 3. The first-order valence-electron chi connectivity index (χ1n) is 18.0. The number of carbonyl (C=O) groups is 2. The molecule has 5 N–H and O–H groups in total. The fourth-order valence-electron chi connectivity index (χ4n) is 6.28. The number of carboxylic acids is 1. The molecule has 7 aromatic rings. The third-order valence-corrected chi connectivity index (χ3v) is 11.2. The van der Waals surface area contributed by atoms with Gasteiger partial charge in [-0.2, -0.15) is 37.3 Å². The fourth-order valence-corrected chi connectivity index (χ4v) is 7.56. The van der Waals surface area contributed by atoms with E-state index in [0.29, 0.717) is 57.1 Å². The summed E-state index contributed by atoms with van der Waals surface area (Å²) >= 11 is 0. The van der Waals surface area contributed by atoms with Gasteiger partial charge in [0.2, 0.25) is 6.41 Å². The van der Waals surface area contributed by atoms with Crippen LogP contribution in [0.1, 0.15) is 32.6 Å². The number of aryl methyl sites for hydroxylation is 4. The standard InChI is InChI=1S/C40H32N10O10S2/c1-20-12-30(44-46-34-17-32-33(18-36(34)61(55,56)57)49-50(48-32)35-8-6-5-7-27(35)40(53)54)21(2)11-28(20)42-43-29-13-23(4)31(14-22(29)3)45-47-38-37(62(58,59)60)16-24-15-25(41-19-51)9-10-26(24)39(38)52/h5-19,52H,1-4H3,(H,41,51)(H,53,54)(H,55,56,57)(H,58,59,60). The molecule has 0 saturated heterocycles. The number of rotatable bonds is 12. The van der Waals surface area contributed by atoms with Crippen LogP contribution in [0.3, 0.4) is 0 Å². The van der Waals surface area contributed by atoms with Gasteiger partial charge in [-0.25, -0.2) is 4.79 Å². The van der Waals surface area contributed by atoms with Gasteiger partial charge in [0.15, 0.2) is 5.75 Å². The summed E-state index contributed by atoms with van der Waals surface area (Å²) in [5, 5.41) is 57.4. The van der Waals surface area contributed by atoms with Gasteiger partial charge in [-0.3, -0.25) is 13.9 Å². The van der Waals surface area contributed by atoms with Gasteiger partial charge in [-0.15, -0.1) is 25.2 Å². The minimum atomic E-state index is -4.88. The van der Waals surface area contributed by atoms with Gasteiger partial charge in [0.05, 0.1) is 28.3 Å². The molecular weight excluding hydrogens is 845 g/mol. The highest BCUT2D eigenvalue weighted by Gasteiger charge is 2.23. The monoisotopic (exact) mass is 876 g/mol. The number of hydrogen-bond acceptors (Lipinski definition) is 15. The number of nitrogens with zero attached hydrogens (tertiary/aromatic N) is 9. The van der Waals surface area contributed by atoms with Gasteiger partial charge >= 0.3 is 5.97 Å². The summed E-state index contributed by atoms with van der Waals surface area (Å²) in [7, 11) is -9.70. The number of aromatic hydroxyl groups is 1. The molecule has 1 heterocycles. The summed E-state index contributed by atoms with van der Waals surface area (Å²) in [6, 6.07) is 20.4. The first kappa shape index (κ1) is 42.5. The van der Waals surface area contributed by atoms with Crippen LogP contribution in [0, 0.1) is 27.7 Å². The zero-order valence-electron chi connectivity index (χ0n) is 32.7. The lowest BCUT2D eigenvalue weighted by molar-refractivity contribution is -0.105. The highest BCUT2D eigenvalue weighted by atomic mass is 32.2. The molecule has 0 saturated carbocycles. The number of azo groups is 3. The van der Waals surface area contributed by atoms with E-state index in [1.165, 1.54) is 42.5 Å². The van der Waals surface area contributed by atoms with E-state index >= 15 is 0 Å². The Morgan fingerprint density at radius 3 is 1.66 bits per heavy atom. The molecular formula is C40H32N10O10S2. The highest BCUT2D eigenvalue weighted by molar-refractivity contribution is 7.86. The predicted molar refractivity (Wildman–Crippen MR) is 225 cm³/mol. The van der Waals surface area contributed by atoms with Crippen LogP contribution in [0.15, 0.2) is 125 Å². The Morgan fingerprint density at radius 1 is 0.645 bits per heavy atom. The summed E-state index contributed by atoms with van der Waals surface area (Å²) in [5.41, 5.74) is 3.79. The Balaban J connectivity index is 1.15. The van der Waals surface area contributed by atoms with Crippen LogP contribution in [-0.2, 0) is 25.0 Å². The second-order valence-electron chi connectivity index (χ2n) is 13.8. The molecule has 0 aliphatic heterocycles. The van der Waals surface area contributed by atoms with Crippen LogP contribution < -0.4 is 5.32 Å². The largest absolute Gasteiger partial charge is 0.505 e. The van der Waals surface area contributed by atoms with Crippen molar-refractivity contribution in [2.45, 2.75) is 37.5 Å². The molecule has 7 rings (SSSR count). The van der Waals surface area contributed by atoms with E-state index in [0.717, 1.165) is 16.9 Å². The van der Waals surface area contributed by atoms with Crippen molar-refractivity contribution in [2.24, 2.45) is 30.7 Å². The van der Waals surface area contributed by atoms with Gasteiger partial charge < -0.3 is 15.5 Å². The third-order valence-electron chi connectivity index (χ3n) is 9.46. The Morgan fingerprint density at radius 2 is 1.15 bits per heavy atom. The van der Waals surface area contributed by atoms with Crippen LogP contribution in [-0.4, -0.2) is 63.5 Å². The second kappa shape index (κ2) is 16.4. The van der Waals surface area contributed by atoms with Gasteiger partial charge in [0, 0.05) is 11.1 Å². The van der Waals surface area contributed by atoms with Gasteiger partial charge in [-0.05, 0) is 128 Å². The van der Waals surface area contributed by atoms with E-state index < -0.39 is 47.4 Å². The normalized spacial score (nSPS) is 12.4. The smallest absolute Gasteiger partial charge is 0.337 e. The molecule has 0 unspecified atom stereocenters. The van der Waals surface area contributed by atoms with E-state index in [2.05, 4.69) is 46.2 Å². The number of hydrogen-bond donors (Lipinski definition) is 5. The van der Waals surface area contributed by atoms with Crippen molar-refractivity contribution >= 4 is 94.2 Å². The number of aromatic carboxylic acids is 1. The zero-order chi connectivity index (χ0) is 44.7. The Bertz CT molecular complexity index is 3350. The lowest BCUT2D eigenvalue weighted by atomic mass is 10.1. The molecule has 20 nitrogen and oxygen atoms in total. The molecule has 22 heteroatoms. The van der Waals surface area contributed by atoms with Crippen LogP contribution in [0.4, 0.5) is 39.8 Å². The number of phenols is 1. The minimum absolute atomic E-state index is 0.0456. The number of phenolic OH excluding ortho intramolecular Hbond substituents is 1. The number of carboxylic acid groups (broad SMARTS) is 1. The number of carbonyl (C=O) groups excluding carboxylic acids is 1. The Hall–Kier alpha value is -7.66. The van der Waals surface area contributed by atoms with E-state index in [-0.39, 0.29) is 38.7 Å². The maximum absolute atomic E-state index is 12.4. The maximum Gasteiger partial charge on any atom is 0.337 e. The summed E-state index contributed by atoms with van der Waals surface area (Å²) in [6.07, 6.45) is 0.435. The molecule has 0 bridgehead atoms. The lowest BCUT2D eigenvalue weighted by Crippen LogP contribution is -2.07. The summed E-state index contributed by atoms with van der Waals surface area (Å²) in [5.74, 6) is -1.77. The van der Waals surface area contributed by atoms with Crippen LogP contribution in [0.25, 0.3) is 27.5 Å². The van der Waals surface area contributed by atoms with Crippen molar-refractivity contribution < 1.29 is 45.7 Å². The molecule has 1 amide bonds. The Labute approximate surface area is 351 Å². The van der Waals surface area contributed by atoms with Crippen LogP contribution in [0.2, 0.25) is 0 Å². The molecule has 314 valence electrons. The zero-order valence-corrected chi connectivity index (χ0v) is 34.4. The summed E-state index contributed by atoms with van der Waals surface area (Å²) in [6.45, 7) is 6.92. The molecule has 0 atom stereocenters. The minimum Gasteiger partial charge on any atom is -0.505 e. The topological polar surface area (TPSA) is 300 Å². The average molecular weight is 877 g/mol. The maximum atomic E-state index is 12.4. The summed E-state index contributed by atoms with van der Waals surface area (Å²) < 4.78 is 69.4. The molecule has 0 fully saturated rings. The highest BCUT2D eigenvalue weighted by Crippen LogP contribution is 2.43. The van der Waals surface area contributed by atoms with E-state index in [9.17, 15) is 45.7 Å². The summed E-state index contributed by atoms with van der Waals surface area (Å²) in [4.78, 5) is 22.4. The number of nitrogens with one attached hydrogen (secondary N) is 1. The van der Waals surface area contributed by atoms with Crippen molar-refractivity contribution in [3.63, 3.8) is 0 Å². The SMILES string of the molecule is Cc1cc(N=Nc2cc3nn(-c4ccccc4C(=O)O)nc3cc2S(=O)(=O)O)c(C)cc1N=Nc1cc(C)c(N=Nc2c(S(=O)(=O)O)cc3cc(NC=O)ccc3c2O)cc1C. The number of amides is 1. The number of para-hydroxylation sites is 1. The predicted octanol–water partition coefficient (Wildman–Crippen LogP) is 9.52.